The number of benzene rings is 2. The van der Waals surface area contributed by atoms with Gasteiger partial charge in [0.15, 0.2) is 0 Å². The Morgan fingerprint density at radius 2 is 1.92 bits per heavy atom. The lowest BCUT2D eigenvalue weighted by Crippen LogP contribution is -2.32. The Morgan fingerprint density at radius 1 is 1.15 bits per heavy atom. The molecule has 0 spiro atoms. The zero-order valence-electron chi connectivity index (χ0n) is 15.3. The smallest absolute Gasteiger partial charge is 0.251 e. The number of carbonyl (C=O) groups excluding carboxylic acids is 1. The van der Waals surface area contributed by atoms with E-state index < -0.39 is 0 Å². The Balaban J connectivity index is 1.92. The average Bonchev–Trinajstić information content (AvgIpc) is 2.60. The number of nitrogens with zero attached hydrogens (tertiary/aromatic N) is 1. The van der Waals surface area contributed by atoms with Crippen LogP contribution in [0.4, 0.5) is 0 Å². The fourth-order valence-electron chi connectivity index (χ4n) is 2.58. The van der Waals surface area contributed by atoms with Gasteiger partial charge in [-0.1, -0.05) is 42.3 Å². The summed E-state index contributed by atoms with van der Waals surface area (Å²) >= 11 is 11.9. The molecule has 0 fully saturated rings. The summed E-state index contributed by atoms with van der Waals surface area (Å²) in [6.45, 7) is 4.01. The highest BCUT2D eigenvalue weighted by Crippen LogP contribution is 2.23. The zero-order valence-corrected chi connectivity index (χ0v) is 16.8. The van der Waals surface area contributed by atoms with Crippen molar-refractivity contribution in [1.82, 2.24) is 10.2 Å². The third-order valence-corrected chi connectivity index (χ3v) is 4.51. The maximum Gasteiger partial charge on any atom is 0.251 e. The molecule has 0 saturated heterocycles. The molecule has 0 saturated carbocycles. The fourth-order valence-corrected chi connectivity index (χ4v) is 2.90. The lowest BCUT2D eigenvalue weighted by Gasteiger charge is -2.17. The molecule has 0 heterocycles. The van der Waals surface area contributed by atoms with Crippen molar-refractivity contribution in [1.29, 1.82) is 0 Å². The van der Waals surface area contributed by atoms with Gasteiger partial charge >= 0.3 is 0 Å². The highest BCUT2D eigenvalue weighted by Gasteiger charge is 2.10. The summed E-state index contributed by atoms with van der Waals surface area (Å²) in [5, 5.41) is 3.97. The summed E-state index contributed by atoms with van der Waals surface area (Å²) in [6, 6.07) is 12.5. The molecule has 0 unspecified atom stereocenters. The minimum absolute atomic E-state index is 0.101. The summed E-state index contributed by atoms with van der Waals surface area (Å²) < 4.78 is 5.77. The second-order valence-corrected chi connectivity index (χ2v) is 7.46. The molecule has 2 aromatic rings. The highest BCUT2D eigenvalue weighted by molar-refractivity contribution is 6.42. The Kier molecular flexibility index (Phi) is 7.76. The minimum atomic E-state index is -0.101. The third-order valence-electron chi connectivity index (χ3n) is 3.77. The van der Waals surface area contributed by atoms with Gasteiger partial charge in [-0.2, -0.15) is 0 Å². The minimum Gasteiger partial charge on any atom is -0.489 e. The van der Waals surface area contributed by atoms with E-state index in [2.05, 4.69) is 17.1 Å². The SMILES string of the molecule is C[C@H](CNC(=O)c1cccc(OCc2ccc(Cl)c(Cl)c2)c1)CN(C)C. The summed E-state index contributed by atoms with van der Waals surface area (Å²) in [5.74, 6) is 0.906. The number of hydrogen-bond donors (Lipinski definition) is 1. The van der Waals surface area contributed by atoms with E-state index in [0.717, 1.165) is 12.1 Å². The largest absolute Gasteiger partial charge is 0.489 e. The molecule has 1 amide bonds. The molecule has 2 aromatic carbocycles. The van der Waals surface area contributed by atoms with Gasteiger partial charge in [-0.05, 0) is 55.9 Å². The number of ether oxygens (including phenoxy) is 1. The average molecular weight is 395 g/mol. The van der Waals surface area contributed by atoms with Crippen LogP contribution in [0.5, 0.6) is 5.75 Å². The third kappa shape index (κ3) is 6.52. The first-order valence-corrected chi connectivity index (χ1v) is 9.20. The molecule has 1 atom stereocenters. The van der Waals surface area contributed by atoms with E-state index in [1.54, 1.807) is 24.3 Å². The Bertz CT molecular complexity index is 750. The van der Waals surface area contributed by atoms with Crippen LogP contribution in [0, 0.1) is 5.92 Å². The van der Waals surface area contributed by atoms with E-state index in [4.69, 9.17) is 27.9 Å². The lowest BCUT2D eigenvalue weighted by molar-refractivity contribution is 0.0945. The van der Waals surface area contributed by atoms with Gasteiger partial charge in [-0.3, -0.25) is 4.79 Å². The van der Waals surface area contributed by atoms with E-state index in [0.29, 0.717) is 40.4 Å². The van der Waals surface area contributed by atoms with E-state index >= 15 is 0 Å². The van der Waals surface area contributed by atoms with Crippen molar-refractivity contribution in [2.75, 3.05) is 27.2 Å². The molecule has 0 aliphatic carbocycles. The van der Waals surface area contributed by atoms with Crippen LogP contribution in [-0.2, 0) is 6.61 Å². The summed E-state index contributed by atoms with van der Waals surface area (Å²) in [6.07, 6.45) is 0. The monoisotopic (exact) mass is 394 g/mol. The van der Waals surface area contributed by atoms with Crippen molar-refractivity contribution in [2.24, 2.45) is 5.92 Å². The molecule has 0 aliphatic rings. The van der Waals surface area contributed by atoms with Gasteiger partial charge in [0.2, 0.25) is 0 Å². The first-order valence-electron chi connectivity index (χ1n) is 8.45. The van der Waals surface area contributed by atoms with Crippen LogP contribution >= 0.6 is 23.2 Å². The molecular weight excluding hydrogens is 371 g/mol. The molecule has 0 aromatic heterocycles. The summed E-state index contributed by atoms with van der Waals surface area (Å²) in [4.78, 5) is 14.4. The molecule has 4 nitrogen and oxygen atoms in total. The molecule has 0 bridgehead atoms. The number of rotatable bonds is 8. The van der Waals surface area contributed by atoms with Crippen LogP contribution < -0.4 is 10.1 Å². The second-order valence-electron chi connectivity index (χ2n) is 6.64. The number of halogens is 2. The molecule has 1 N–H and O–H groups in total. The van der Waals surface area contributed by atoms with Gasteiger partial charge < -0.3 is 15.0 Å². The standard InChI is InChI=1S/C20H24Cl2N2O2/c1-14(12-24(2)3)11-23-20(25)16-5-4-6-17(10-16)26-13-15-7-8-18(21)19(22)9-15/h4-10,14H,11-13H2,1-3H3,(H,23,25)/t14-/m1/s1. The van der Waals surface area contributed by atoms with E-state index in [1.807, 2.05) is 32.3 Å². The van der Waals surface area contributed by atoms with Gasteiger partial charge in [0.1, 0.15) is 12.4 Å². The number of hydrogen-bond acceptors (Lipinski definition) is 3. The van der Waals surface area contributed by atoms with Crippen molar-refractivity contribution in [3.63, 3.8) is 0 Å². The normalized spacial score (nSPS) is 12.1. The van der Waals surface area contributed by atoms with Crippen LogP contribution in [-0.4, -0.2) is 38.0 Å². The van der Waals surface area contributed by atoms with Crippen LogP contribution in [0.1, 0.15) is 22.8 Å². The van der Waals surface area contributed by atoms with Crippen molar-refractivity contribution >= 4 is 29.1 Å². The predicted molar refractivity (Wildman–Crippen MR) is 107 cm³/mol. The molecule has 2 rings (SSSR count). The molecule has 0 aliphatic heterocycles. The first kappa shape index (κ1) is 20.6. The van der Waals surface area contributed by atoms with E-state index in [9.17, 15) is 4.79 Å². The lowest BCUT2D eigenvalue weighted by atomic mass is 10.1. The Labute approximate surface area is 165 Å². The molecule has 140 valence electrons. The molecule has 26 heavy (non-hydrogen) atoms. The number of nitrogens with one attached hydrogen (secondary N) is 1. The molecule has 6 heteroatoms. The molecule has 0 radical (unpaired) electrons. The van der Waals surface area contributed by atoms with Gasteiger partial charge in [0.25, 0.3) is 5.91 Å². The zero-order chi connectivity index (χ0) is 19.1. The second kappa shape index (κ2) is 9.81. The predicted octanol–water partition coefficient (Wildman–Crippen LogP) is 4.50. The van der Waals surface area contributed by atoms with Crippen LogP contribution in [0.2, 0.25) is 10.0 Å². The van der Waals surface area contributed by atoms with Crippen molar-refractivity contribution in [2.45, 2.75) is 13.5 Å². The van der Waals surface area contributed by atoms with Gasteiger partial charge in [-0.15, -0.1) is 0 Å². The summed E-state index contributed by atoms with van der Waals surface area (Å²) in [7, 11) is 4.04. The maximum absolute atomic E-state index is 12.3. The Morgan fingerprint density at radius 3 is 2.62 bits per heavy atom. The van der Waals surface area contributed by atoms with Gasteiger partial charge in [0.05, 0.1) is 10.0 Å². The van der Waals surface area contributed by atoms with Crippen LogP contribution in [0.3, 0.4) is 0 Å². The number of amides is 1. The fraction of sp³-hybridized carbons (Fsp3) is 0.350. The van der Waals surface area contributed by atoms with E-state index in [1.165, 1.54) is 0 Å². The Hall–Kier alpha value is -1.75. The number of carbonyl (C=O) groups is 1. The molecular formula is C20H24Cl2N2O2. The van der Waals surface area contributed by atoms with Gasteiger partial charge in [-0.25, -0.2) is 0 Å². The highest BCUT2D eigenvalue weighted by atomic mass is 35.5. The van der Waals surface area contributed by atoms with Crippen molar-refractivity contribution in [3.8, 4) is 5.75 Å². The summed E-state index contributed by atoms with van der Waals surface area (Å²) in [5.41, 5.74) is 1.49. The maximum atomic E-state index is 12.3. The quantitative estimate of drug-likeness (QED) is 0.716. The van der Waals surface area contributed by atoms with Crippen molar-refractivity contribution in [3.05, 3.63) is 63.6 Å². The van der Waals surface area contributed by atoms with Crippen LogP contribution in [0.25, 0.3) is 0 Å². The topological polar surface area (TPSA) is 41.6 Å². The first-order chi connectivity index (χ1) is 12.3. The van der Waals surface area contributed by atoms with E-state index in [-0.39, 0.29) is 5.91 Å². The van der Waals surface area contributed by atoms with Crippen molar-refractivity contribution < 1.29 is 9.53 Å². The van der Waals surface area contributed by atoms with Gasteiger partial charge in [0, 0.05) is 18.7 Å². The van der Waals surface area contributed by atoms with Crippen LogP contribution in [0.15, 0.2) is 42.5 Å².